The van der Waals surface area contributed by atoms with Gasteiger partial charge in [0.25, 0.3) is 5.91 Å². The van der Waals surface area contributed by atoms with Gasteiger partial charge in [-0.2, -0.15) is 0 Å². The molecule has 3 heterocycles. The van der Waals surface area contributed by atoms with Crippen molar-refractivity contribution in [2.45, 2.75) is 70.3 Å². The van der Waals surface area contributed by atoms with Crippen molar-refractivity contribution in [2.24, 2.45) is 4.99 Å². The number of carbonyl (C=O) groups excluding carboxylic acids is 1. The number of hydrogen-bond acceptors (Lipinski definition) is 7. The number of benzene rings is 1. The Bertz CT molecular complexity index is 1000. The number of aliphatic hydroxyl groups excluding tert-OH is 1. The summed E-state index contributed by atoms with van der Waals surface area (Å²) in [6, 6.07) is 2.86. The van der Waals surface area contributed by atoms with Crippen LogP contribution in [0.3, 0.4) is 0 Å². The molecule has 3 aliphatic rings. The molecule has 1 amide bonds. The molecule has 4 rings (SSSR count). The van der Waals surface area contributed by atoms with Crippen LogP contribution in [0.5, 0.6) is 5.75 Å². The molecule has 32 heavy (non-hydrogen) atoms. The van der Waals surface area contributed by atoms with Gasteiger partial charge in [0.05, 0.1) is 29.4 Å². The smallest absolute Gasteiger partial charge is 0.260 e. The molecule has 0 aromatic heterocycles. The number of amides is 1. The van der Waals surface area contributed by atoms with Crippen molar-refractivity contribution in [1.29, 1.82) is 0 Å². The fraction of sp³-hybridized carbons (Fsp3) is 0.500. The Morgan fingerprint density at radius 1 is 1.41 bits per heavy atom. The molecular weight excluding hydrogens is 410 g/mol. The van der Waals surface area contributed by atoms with Crippen LogP contribution in [0.2, 0.25) is 0 Å². The highest BCUT2D eigenvalue weighted by molar-refractivity contribution is 6.04. The molecule has 8 heteroatoms. The van der Waals surface area contributed by atoms with Crippen molar-refractivity contribution in [3.8, 4) is 5.75 Å². The average Bonchev–Trinajstić information content (AvgIpc) is 3.09. The van der Waals surface area contributed by atoms with Crippen LogP contribution in [0.25, 0.3) is 0 Å². The molecule has 6 atom stereocenters. The molecule has 0 saturated carbocycles. The number of rotatable bonds is 4. The largest absolute Gasteiger partial charge is 0.462 e. The lowest BCUT2D eigenvalue weighted by atomic mass is 9.84. The van der Waals surface area contributed by atoms with E-state index < -0.39 is 30.1 Å². The van der Waals surface area contributed by atoms with Crippen LogP contribution in [0, 0.1) is 6.92 Å². The van der Waals surface area contributed by atoms with Crippen LogP contribution < -0.4 is 10.1 Å². The van der Waals surface area contributed by atoms with Crippen LogP contribution in [0.1, 0.15) is 43.1 Å². The van der Waals surface area contributed by atoms with Gasteiger partial charge in [-0.25, -0.2) is 0 Å². The second-order valence-electron chi connectivity index (χ2n) is 8.87. The number of aryl methyl sites for hydroxylation is 1. The molecular formula is C24H31N3O5. The first-order valence-corrected chi connectivity index (χ1v) is 10.9. The molecule has 1 saturated heterocycles. The Labute approximate surface area is 188 Å². The Hall–Kier alpha value is -2.52. The van der Waals surface area contributed by atoms with Crippen molar-refractivity contribution >= 4 is 17.8 Å². The van der Waals surface area contributed by atoms with Crippen molar-refractivity contribution < 1.29 is 24.5 Å². The van der Waals surface area contributed by atoms with Crippen LogP contribution in [0.15, 0.2) is 41.1 Å². The minimum atomic E-state index is -1.46. The first-order chi connectivity index (χ1) is 15.2. The summed E-state index contributed by atoms with van der Waals surface area (Å²) in [6.07, 6.45) is 5.54. The number of ether oxygens (including phenoxy) is 2. The van der Waals surface area contributed by atoms with Gasteiger partial charge in [0.1, 0.15) is 17.5 Å². The number of nitrogens with one attached hydrogen (secondary N) is 1. The monoisotopic (exact) mass is 441 g/mol. The summed E-state index contributed by atoms with van der Waals surface area (Å²) >= 11 is 0. The van der Waals surface area contributed by atoms with Crippen LogP contribution in [-0.4, -0.2) is 70.5 Å². The molecule has 3 aliphatic heterocycles. The van der Waals surface area contributed by atoms with Crippen LogP contribution >= 0.6 is 0 Å². The summed E-state index contributed by atoms with van der Waals surface area (Å²) in [5.41, 5.74) is 1.35. The second kappa shape index (κ2) is 8.44. The van der Waals surface area contributed by atoms with Gasteiger partial charge in [0.15, 0.2) is 0 Å². The van der Waals surface area contributed by atoms with Gasteiger partial charge in [-0.05, 0) is 64.4 Å². The fourth-order valence-electron chi connectivity index (χ4n) is 4.75. The standard InChI is InChI=1S/C24H31N3O5/c1-6-7-15-9-16-11-26-18-8-13(2)19(10-17(18)22(29)27(16)12-15)32-23-21(28)24(4,30)20(25-5)14(3)31-23/h6-8,10-12,14,16,20-21,23,25,28,30H,9H2,1-5H3/b7-6+/t14?,16-,20?,21?,23?,24?/m0/s1. The average molecular weight is 442 g/mol. The summed E-state index contributed by atoms with van der Waals surface area (Å²) in [6.45, 7) is 7.15. The van der Waals surface area contributed by atoms with Gasteiger partial charge in [-0.1, -0.05) is 12.2 Å². The normalized spacial score (nSPS) is 34.3. The fourth-order valence-corrected chi connectivity index (χ4v) is 4.75. The number of fused-ring (bicyclic) bond motifs is 2. The maximum atomic E-state index is 13.3. The Balaban J connectivity index is 1.64. The third-order valence-corrected chi connectivity index (χ3v) is 6.49. The lowest BCUT2D eigenvalue weighted by molar-refractivity contribution is -0.272. The summed E-state index contributed by atoms with van der Waals surface area (Å²) in [5.74, 6) is 0.241. The predicted octanol–water partition coefficient (Wildman–Crippen LogP) is 2.21. The highest BCUT2D eigenvalue weighted by Crippen LogP contribution is 2.37. The number of aliphatic imine (C=N–C) groups is 1. The molecule has 8 nitrogen and oxygen atoms in total. The van der Waals surface area contributed by atoms with E-state index in [4.69, 9.17) is 9.47 Å². The molecule has 0 aliphatic carbocycles. The minimum absolute atomic E-state index is 0.122. The zero-order chi connectivity index (χ0) is 23.2. The van der Waals surface area contributed by atoms with Crippen LogP contribution in [-0.2, 0) is 4.74 Å². The lowest BCUT2D eigenvalue weighted by Gasteiger charge is -2.47. The number of nitrogens with zero attached hydrogens (tertiary/aromatic N) is 2. The Kier molecular flexibility index (Phi) is 5.98. The summed E-state index contributed by atoms with van der Waals surface area (Å²) < 4.78 is 11.9. The quantitative estimate of drug-likeness (QED) is 0.662. The molecule has 3 N–H and O–H groups in total. The van der Waals surface area contributed by atoms with E-state index in [1.807, 2.05) is 45.3 Å². The Morgan fingerprint density at radius 2 is 2.16 bits per heavy atom. The van der Waals surface area contributed by atoms with Gasteiger partial charge < -0.3 is 29.9 Å². The summed E-state index contributed by atoms with van der Waals surface area (Å²) in [4.78, 5) is 19.6. The van der Waals surface area contributed by atoms with Gasteiger partial charge in [0, 0.05) is 12.4 Å². The van der Waals surface area contributed by atoms with E-state index in [-0.39, 0.29) is 11.9 Å². The SMILES string of the molecule is C/C=C/C1=CN2C(=O)c3cc(OC4OC(C)C(NC)C(C)(O)C4O)c(C)cc3N=C[C@@H]2C1. The molecule has 1 aromatic rings. The minimum Gasteiger partial charge on any atom is -0.462 e. The maximum absolute atomic E-state index is 13.3. The van der Waals surface area contributed by atoms with E-state index in [1.165, 1.54) is 0 Å². The van der Waals surface area contributed by atoms with E-state index in [9.17, 15) is 15.0 Å². The lowest BCUT2D eigenvalue weighted by Crippen LogP contribution is -2.69. The van der Waals surface area contributed by atoms with Gasteiger partial charge in [0.2, 0.25) is 6.29 Å². The third kappa shape index (κ3) is 3.77. The predicted molar refractivity (Wildman–Crippen MR) is 121 cm³/mol. The first-order valence-electron chi connectivity index (χ1n) is 10.9. The van der Waals surface area contributed by atoms with Crippen molar-refractivity contribution in [1.82, 2.24) is 10.2 Å². The molecule has 0 spiro atoms. The number of carbonyl (C=O) groups is 1. The van der Waals surface area contributed by atoms with E-state index in [0.29, 0.717) is 17.0 Å². The number of allylic oxidation sites excluding steroid dienone is 2. The molecule has 5 unspecified atom stereocenters. The van der Waals surface area contributed by atoms with E-state index in [1.54, 1.807) is 31.0 Å². The number of hydrogen-bond donors (Lipinski definition) is 3. The first kappa shape index (κ1) is 22.7. The third-order valence-electron chi connectivity index (χ3n) is 6.49. The van der Waals surface area contributed by atoms with Gasteiger partial charge >= 0.3 is 0 Å². The van der Waals surface area contributed by atoms with E-state index >= 15 is 0 Å². The van der Waals surface area contributed by atoms with Crippen LogP contribution in [0.4, 0.5) is 5.69 Å². The molecule has 0 bridgehead atoms. The highest BCUT2D eigenvalue weighted by atomic mass is 16.7. The summed E-state index contributed by atoms with van der Waals surface area (Å²) in [7, 11) is 1.71. The van der Waals surface area contributed by atoms with Crippen molar-refractivity contribution in [3.05, 3.63) is 47.2 Å². The maximum Gasteiger partial charge on any atom is 0.260 e. The number of likely N-dealkylation sites (N-methyl/N-ethyl adjacent to an activating group) is 1. The molecule has 1 fully saturated rings. The summed E-state index contributed by atoms with van der Waals surface area (Å²) in [5, 5.41) is 24.6. The van der Waals surface area contributed by atoms with E-state index in [0.717, 1.165) is 17.6 Å². The van der Waals surface area contributed by atoms with E-state index in [2.05, 4.69) is 10.3 Å². The molecule has 172 valence electrons. The highest BCUT2D eigenvalue weighted by Gasteiger charge is 2.52. The van der Waals surface area contributed by atoms with Gasteiger partial charge in [-0.3, -0.25) is 9.79 Å². The zero-order valence-corrected chi connectivity index (χ0v) is 19.1. The zero-order valence-electron chi connectivity index (χ0n) is 19.1. The van der Waals surface area contributed by atoms with Crippen molar-refractivity contribution in [3.63, 3.8) is 0 Å². The molecule has 0 radical (unpaired) electrons. The van der Waals surface area contributed by atoms with Crippen molar-refractivity contribution in [2.75, 3.05) is 7.05 Å². The number of aliphatic hydroxyl groups is 2. The Morgan fingerprint density at radius 3 is 2.84 bits per heavy atom. The topological polar surface area (TPSA) is 104 Å². The van der Waals surface area contributed by atoms with Gasteiger partial charge in [-0.15, -0.1) is 0 Å². The molecule has 1 aromatic carbocycles. The second-order valence-corrected chi connectivity index (χ2v) is 8.87.